The van der Waals surface area contributed by atoms with Crippen LogP contribution in [0.4, 0.5) is 0 Å². The second-order valence-electron chi connectivity index (χ2n) is 4.98. The Bertz CT molecular complexity index is 596. The molecule has 5 heteroatoms. The molecule has 100 valence electrons. The molecule has 1 aromatic carbocycles. The van der Waals surface area contributed by atoms with E-state index in [4.69, 9.17) is 0 Å². The molecule has 0 spiro atoms. The van der Waals surface area contributed by atoms with Gasteiger partial charge in [-0.25, -0.2) is 4.98 Å². The normalized spacial score (nSPS) is 19.8. The minimum Gasteiger partial charge on any atom is -0.396 e. The maximum absolute atomic E-state index is 12.5. The van der Waals surface area contributed by atoms with E-state index >= 15 is 0 Å². The molecule has 1 aliphatic rings. The Kier molecular flexibility index (Phi) is 3.48. The van der Waals surface area contributed by atoms with Gasteiger partial charge in [0.15, 0.2) is 0 Å². The molecule has 4 nitrogen and oxygen atoms in total. The lowest BCUT2D eigenvalue weighted by molar-refractivity contribution is 0.0621. The van der Waals surface area contributed by atoms with Gasteiger partial charge >= 0.3 is 0 Å². The van der Waals surface area contributed by atoms with E-state index in [-0.39, 0.29) is 18.4 Å². The molecule has 2 aromatic rings. The summed E-state index contributed by atoms with van der Waals surface area (Å²) in [7, 11) is 0. The summed E-state index contributed by atoms with van der Waals surface area (Å²) in [5, 5.41) is 9.23. The molecule has 1 aromatic heterocycles. The third-order valence-electron chi connectivity index (χ3n) is 3.64. The number of rotatable bonds is 2. The van der Waals surface area contributed by atoms with E-state index in [0.717, 1.165) is 35.2 Å². The Balaban J connectivity index is 1.82. The van der Waals surface area contributed by atoms with Gasteiger partial charge in [-0.15, -0.1) is 11.3 Å². The number of fused-ring (bicyclic) bond motifs is 1. The summed E-state index contributed by atoms with van der Waals surface area (Å²) < 4.78 is 1.04. The summed E-state index contributed by atoms with van der Waals surface area (Å²) in [5.41, 5.74) is 3.45. The van der Waals surface area contributed by atoms with Gasteiger partial charge in [-0.1, -0.05) is 0 Å². The Morgan fingerprint density at radius 2 is 2.42 bits per heavy atom. The molecule has 19 heavy (non-hydrogen) atoms. The van der Waals surface area contributed by atoms with Gasteiger partial charge in [0.2, 0.25) is 0 Å². The van der Waals surface area contributed by atoms with Gasteiger partial charge in [0.1, 0.15) is 0 Å². The minimum absolute atomic E-state index is 0.0634. The second kappa shape index (κ2) is 5.27. The van der Waals surface area contributed by atoms with Gasteiger partial charge in [-0.2, -0.15) is 0 Å². The highest BCUT2D eigenvalue weighted by Gasteiger charge is 2.24. The number of piperidine rings is 1. The first-order chi connectivity index (χ1) is 9.28. The second-order valence-corrected chi connectivity index (χ2v) is 5.86. The van der Waals surface area contributed by atoms with E-state index in [0.29, 0.717) is 6.54 Å². The maximum Gasteiger partial charge on any atom is 0.253 e. The Labute approximate surface area is 115 Å². The van der Waals surface area contributed by atoms with Crippen molar-refractivity contribution in [2.24, 2.45) is 5.92 Å². The van der Waals surface area contributed by atoms with E-state index < -0.39 is 0 Å². The van der Waals surface area contributed by atoms with Gasteiger partial charge in [-0.3, -0.25) is 4.79 Å². The molecule has 2 heterocycles. The number of carbonyl (C=O) groups excluding carboxylic acids is 1. The van der Waals surface area contributed by atoms with Crippen molar-refractivity contribution < 1.29 is 9.90 Å². The molecule has 1 saturated heterocycles. The monoisotopic (exact) mass is 276 g/mol. The quantitative estimate of drug-likeness (QED) is 0.914. The Morgan fingerprint density at radius 3 is 3.26 bits per heavy atom. The predicted molar refractivity (Wildman–Crippen MR) is 75.3 cm³/mol. The number of aliphatic hydroxyl groups excluding tert-OH is 1. The number of hydrogen-bond donors (Lipinski definition) is 1. The zero-order valence-electron chi connectivity index (χ0n) is 10.6. The largest absolute Gasteiger partial charge is 0.396 e. The summed E-state index contributed by atoms with van der Waals surface area (Å²) in [4.78, 5) is 18.5. The summed E-state index contributed by atoms with van der Waals surface area (Å²) in [6, 6.07) is 5.65. The first kappa shape index (κ1) is 12.6. The lowest BCUT2D eigenvalue weighted by Gasteiger charge is -2.31. The predicted octanol–water partition coefficient (Wildman–Crippen LogP) is 2.14. The van der Waals surface area contributed by atoms with Crippen LogP contribution < -0.4 is 0 Å². The van der Waals surface area contributed by atoms with Crippen molar-refractivity contribution in [1.82, 2.24) is 9.88 Å². The van der Waals surface area contributed by atoms with Gasteiger partial charge < -0.3 is 10.0 Å². The van der Waals surface area contributed by atoms with Crippen LogP contribution in [0.1, 0.15) is 23.2 Å². The number of nitrogens with zero attached hydrogens (tertiary/aromatic N) is 2. The molecule has 1 unspecified atom stereocenters. The number of hydrogen-bond acceptors (Lipinski definition) is 4. The standard InChI is InChI=1S/C14H16N2O2S/c17-8-10-2-1-5-16(7-10)14(18)11-3-4-12-13(6-11)19-9-15-12/h3-4,6,9-10,17H,1-2,5,7-8H2. The van der Waals surface area contributed by atoms with E-state index in [1.165, 1.54) is 0 Å². The summed E-state index contributed by atoms with van der Waals surface area (Å²) >= 11 is 1.55. The average molecular weight is 276 g/mol. The maximum atomic E-state index is 12.5. The van der Waals surface area contributed by atoms with Gasteiger partial charge in [0, 0.05) is 25.3 Å². The third kappa shape index (κ3) is 2.48. The highest BCUT2D eigenvalue weighted by Crippen LogP contribution is 2.22. The van der Waals surface area contributed by atoms with Crippen LogP contribution in [-0.4, -0.2) is 40.6 Å². The van der Waals surface area contributed by atoms with Crippen molar-refractivity contribution >= 4 is 27.5 Å². The highest BCUT2D eigenvalue weighted by atomic mass is 32.1. The van der Waals surface area contributed by atoms with E-state index in [1.54, 1.807) is 16.8 Å². The summed E-state index contributed by atoms with van der Waals surface area (Å²) in [5.74, 6) is 0.290. The lowest BCUT2D eigenvalue weighted by atomic mass is 9.98. The molecule has 1 amide bonds. The minimum atomic E-state index is 0.0634. The van der Waals surface area contributed by atoms with Crippen LogP contribution in [0.15, 0.2) is 23.7 Å². The molecule has 1 N–H and O–H groups in total. The van der Waals surface area contributed by atoms with Gasteiger partial charge in [0.05, 0.1) is 15.7 Å². The van der Waals surface area contributed by atoms with Crippen molar-refractivity contribution in [2.75, 3.05) is 19.7 Å². The molecule has 1 atom stereocenters. The molecule has 0 saturated carbocycles. The first-order valence-corrected chi connectivity index (χ1v) is 7.39. The fourth-order valence-corrected chi connectivity index (χ4v) is 3.29. The number of thiazole rings is 1. The van der Waals surface area contributed by atoms with Crippen LogP contribution in [0, 0.1) is 5.92 Å². The lowest BCUT2D eigenvalue weighted by Crippen LogP contribution is -2.40. The van der Waals surface area contributed by atoms with E-state index in [9.17, 15) is 9.90 Å². The van der Waals surface area contributed by atoms with Crippen molar-refractivity contribution in [3.8, 4) is 0 Å². The van der Waals surface area contributed by atoms with Gasteiger partial charge in [-0.05, 0) is 37.0 Å². The van der Waals surface area contributed by atoms with Crippen molar-refractivity contribution in [3.05, 3.63) is 29.3 Å². The zero-order valence-corrected chi connectivity index (χ0v) is 11.4. The number of amides is 1. The van der Waals surface area contributed by atoms with Gasteiger partial charge in [0.25, 0.3) is 5.91 Å². The number of aliphatic hydroxyl groups is 1. The molecule has 1 fully saturated rings. The van der Waals surface area contributed by atoms with Crippen LogP contribution in [0.2, 0.25) is 0 Å². The molecule has 3 rings (SSSR count). The molecular weight excluding hydrogens is 260 g/mol. The SMILES string of the molecule is O=C(c1ccc2ncsc2c1)N1CCCC(CO)C1. The average Bonchev–Trinajstić information content (AvgIpc) is 2.94. The van der Waals surface area contributed by atoms with Crippen molar-refractivity contribution in [2.45, 2.75) is 12.8 Å². The highest BCUT2D eigenvalue weighted by molar-refractivity contribution is 7.16. The van der Waals surface area contributed by atoms with Crippen molar-refractivity contribution in [3.63, 3.8) is 0 Å². The van der Waals surface area contributed by atoms with E-state index in [1.807, 2.05) is 23.1 Å². The van der Waals surface area contributed by atoms with Crippen molar-refractivity contribution in [1.29, 1.82) is 0 Å². The number of likely N-dealkylation sites (tertiary alicyclic amines) is 1. The fourth-order valence-electron chi connectivity index (χ4n) is 2.57. The number of aromatic nitrogens is 1. The zero-order chi connectivity index (χ0) is 13.2. The van der Waals surface area contributed by atoms with Crippen LogP contribution in [-0.2, 0) is 0 Å². The Hall–Kier alpha value is -1.46. The van der Waals surface area contributed by atoms with Crippen LogP contribution in [0.3, 0.4) is 0 Å². The summed E-state index contributed by atoms with van der Waals surface area (Å²) in [6.07, 6.45) is 1.98. The molecular formula is C14H16N2O2S. The molecule has 0 aliphatic carbocycles. The fraction of sp³-hybridized carbons (Fsp3) is 0.429. The molecule has 0 radical (unpaired) electrons. The third-order valence-corrected chi connectivity index (χ3v) is 4.43. The van der Waals surface area contributed by atoms with E-state index in [2.05, 4.69) is 4.98 Å². The van der Waals surface area contributed by atoms with Crippen LogP contribution >= 0.6 is 11.3 Å². The smallest absolute Gasteiger partial charge is 0.253 e. The van der Waals surface area contributed by atoms with Crippen LogP contribution in [0.25, 0.3) is 10.2 Å². The Morgan fingerprint density at radius 1 is 1.53 bits per heavy atom. The topological polar surface area (TPSA) is 53.4 Å². The molecule has 1 aliphatic heterocycles. The van der Waals surface area contributed by atoms with Crippen LogP contribution in [0.5, 0.6) is 0 Å². The molecule has 0 bridgehead atoms. The summed E-state index contributed by atoms with van der Waals surface area (Å²) in [6.45, 7) is 1.61. The number of carbonyl (C=O) groups is 1. The number of benzene rings is 1. The first-order valence-electron chi connectivity index (χ1n) is 6.51.